The van der Waals surface area contributed by atoms with Crippen molar-refractivity contribution in [1.29, 1.82) is 0 Å². The fourth-order valence-electron chi connectivity index (χ4n) is 11.1. The molecule has 25 heteroatoms. The molecule has 0 bridgehead atoms. The molecule has 3 heterocycles. The van der Waals surface area contributed by atoms with Crippen molar-refractivity contribution in [2.45, 2.75) is 123 Å². The predicted octanol–water partition coefficient (Wildman–Crippen LogP) is 8.44. The Hall–Kier alpha value is -7.53. The summed E-state index contributed by atoms with van der Waals surface area (Å²) in [6.07, 6.45) is -3.04. The second kappa shape index (κ2) is 39.8. The summed E-state index contributed by atoms with van der Waals surface area (Å²) in [6, 6.07) is 28.4. The Morgan fingerprint density at radius 2 is 1.29 bits per heavy atom. The topological polar surface area (TPSA) is 297 Å². The van der Waals surface area contributed by atoms with Crippen molar-refractivity contribution < 1.29 is 86.7 Å². The molecule has 4 aromatic carbocycles. The molecule has 1 fully saturated rings. The molecule has 528 valence electrons. The zero-order chi connectivity index (χ0) is 69.7. The maximum Gasteiger partial charge on any atom is 0.305 e. The van der Waals surface area contributed by atoms with Gasteiger partial charge >= 0.3 is 5.97 Å². The molecule has 0 spiro atoms. The van der Waals surface area contributed by atoms with E-state index in [0.29, 0.717) is 125 Å². The van der Waals surface area contributed by atoms with Gasteiger partial charge in [-0.25, -0.2) is 9.37 Å². The lowest BCUT2D eigenvalue weighted by atomic mass is 9.85. The highest BCUT2D eigenvalue weighted by Crippen LogP contribution is 2.43. The highest BCUT2D eigenvalue weighted by molar-refractivity contribution is 7.13. The molecule has 0 radical (unpaired) electrons. The largest absolute Gasteiger partial charge is 0.491 e. The van der Waals surface area contributed by atoms with E-state index in [9.17, 15) is 43.7 Å². The van der Waals surface area contributed by atoms with E-state index in [4.69, 9.17) is 43.0 Å². The summed E-state index contributed by atoms with van der Waals surface area (Å²) >= 11 is 1.56. The molecule has 2 aromatic heterocycles. The zero-order valence-corrected chi connectivity index (χ0v) is 57.2. The van der Waals surface area contributed by atoms with Crippen LogP contribution in [0, 0.1) is 18.2 Å². The van der Waals surface area contributed by atoms with Gasteiger partial charge in [0.1, 0.15) is 36.9 Å². The van der Waals surface area contributed by atoms with Crippen LogP contribution in [-0.4, -0.2) is 201 Å². The van der Waals surface area contributed by atoms with Gasteiger partial charge in [-0.05, 0) is 108 Å². The molecule has 1 saturated heterocycles. The van der Waals surface area contributed by atoms with Crippen LogP contribution in [0.5, 0.6) is 5.75 Å². The van der Waals surface area contributed by atoms with Crippen molar-refractivity contribution in [3.8, 4) is 38.6 Å². The monoisotopic (exact) mass is 1370 g/mol. The average Bonchev–Trinajstić information content (AvgIpc) is 1.59. The summed E-state index contributed by atoms with van der Waals surface area (Å²) < 4.78 is 61.5. The molecule has 4 amide bonds. The number of aromatic nitrogens is 2. The summed E-state index contributed by atoms with van der Waals surface area (Å²) in [5, 5.41) is 49.7. The van der Waals surface area contributed by atoms with Crippen LogP contribution < -0.4 is 20.7 Å². The number of aliphatic hydroxyl groups excluding tert-OH is 3. The van der Waals surface area contributed by atoms with Gasteiger partial charge in [0.05, 0.1) is 125 Å². The molecular weight excluding hydrogens is 1270 g/mol. The molecule has 97 heavy (non-hydrogen) atoms. The van der Waals surface area contributed by atoms with Gasteiger partial charge in [-0.15, -0.1) is 11.3 Å². The number of ether oxygens (including phenoxy) is 8. The number of carboxylic acids is 1. The lowest BCUT2D eigenvalue weighted by Crippen LogP contribution is -2.58. The third kappa shape index (κ3) is 24.8. The molecule has 1 aliphatic heterocycles. The number of carbonyl (C=O) groups excluding carboxylic acids is 4. The van der Waals surface area contributed by atoms with E-state index in [-0.39, 0.29) is 76.4 Å². The SMILES string of the molecule is Cc1ncsc1-c1ccc(CNC(=O)[C@@H]2C[C@@H](O)CN2C(=O)[C@@H](NC(=O)COCCCOCCOCCOCCOCCOCCOCCOc2ccc(NC(=O)c3c(-c4ccccc4)c(-c4ccc(F)cc4)n(CC[C@@H](O)C[C@@H](O)CC(=O)O)c3C(C)C)cc2)C(C)(C)C)cc1. The molecule has 5 atom stereocenters. The molecule has 0 unspecified atom stereocenters. The van der Waals surface area contributed by atoms with Gasteiger partial charge in [0.25, 0.3) is 5.91 Å². The van der Waals surface area contributed by atoms with Gasteiger partial charge in [0, 0.05) is 56.2 Å². The van der Waals surface area contributed by atoms with Crippen LogP contribution >= 0.6 is 11.3 Å². The van der Waals surface area contributed by atoms with Gasteiger partial charge in [-0.1, -0.05) is 89.2 Å². The summed E-state index contributed by atoms with van der Waals surface area (Å²) in [7, 11) is 0. The summed E-state index contributed by atoms with van der Waals surface area (Å²) in [5.74, 6) is -2.91. The highest BCUT2D eigenvalue weighted by Gasteiger charge is 2.44. The average molecular weight is 1370 g/mol. The van der Waals surface area contributed by atoms with Crippen molar-refractivity contribution in [3.63, 3.8) is 0 Å². The molecule has 6 aromatic rings. The van der Waals surface area contributed by atoms with Crippen molar-refractivity contribution in [2.75, 3.05) is 111 Å². The van der Waals surface area contributed by atoms with E-state index in [1.807, 2.05) is 101 Å². The number of halogens is 1. The van der Waals surface area contributed by atoms with Crippen LogP contribution in [0.2, 0.25) is 0 Å². The minimum Gasteiger partial charge on any atom is -0.491 e. The van der Waals surface area contributed by atoms with Gasteiger partial charge in [-0.2, -0.15) is 0 Å². The van der Waals surface area contributed by atoms with Gasteiger partial charge in [0.2, 0.25) is 17.7 Å². The van der Waals surface area contributed by atoms with Crippen LogP contribution in [0.15, 0.2) is 109 Å². The molecule has 23 nitrogen and oxygen atoms in total. The van der Waals surface area contributed by atoms with Gasteiger partial charge in [0.15, 0.2) is 0 Å². The van der Waals surface area contributed by atoms with Gasteiger partial charge < -0.3 is 83.7 Å². The van der Waals surface area contributed by atoms with Crippen LogP contribution in [0.3, 0.4) is 0 Å². The zero-order valence-electron chi connectivity index (χ0n) is 56.3. The lowest BCUT2D eigenvalue weighted by Gasteiger charge is -2.35. The minimum absolute atomic E-state index is 0.0254. The van der Waals surface area contributed by atoms with E-state index in [1.54, 1.807) is 53.2 Å². The second-order valence-corrected chi connectivity index (χ2v) is 25.8. The number of rotatable bonds is 43. The number of anilines is 1. The number of nitrogens with zero attached hydrogens (tertiary/aromatic N) is 3. The lowest BCUT2D eigenvalue weighted by molar-refractivity contribution is -0.144. The molecule has 0 saturated carbocycles. The van der Waals surface area contributed by atoms with Crippen molar-refractivity contribution in [2.24, 2.45) is 5.41 Å². The highest BCUT2D eigenvalue weighted by atomic mass is 32.1. The number of amides is 4. The number of likely N-dealkylation sites (tertiary alicyclic amines) is 1. The first-order chi connectivity index (χ1) is 46.7. The van der Waals surface area contributed by atoms with Crippen LogP contribution in [0.25, 0.3) is 32.8 Å². The van der Waals surface area contributed by atoms with E-state index in [0.717, 1.165) is 27.3 Å². The third-order valence-corrected chi connectivity index (χ3v) is 16.9. The number of β-amino-alcohol motifs (C(OH)–C–C–N with tert-alkyl or cyclic N) is 1. The number of nitrogens with one attached hydrogen (secondary N) is 3. The quantitative estimate of drug-likeness (QED) is 0.0177. The number of benzene rings is 4. The number of aliphatic hydroxyl groups is 3. The van der Waals surface area contributed by atoms with E-state index < -0.39 is 65.8 Å². The summed E-state index contributed by atoms with van der Waals surface area (Å²) in [5.41, 5.74) is 8.26. The molecule has 7 N–H and O–H groups in total. The van der Waals surface area contributed by atoms with E-state index in [2.05, 4.69) is 20.9 Å². The number of hydrogen-bond donors (Lipinski definition) is 7. The van der Waals surface area contributed by atoms with Gasteiger partial charge in [-0.3, -0.25) is 24.0 Å². The van der Waals surface area contributed by atoms with Crippen molar-refractivity contribution >= 4 is 46.6 Å². The smallest absolute Gasteiger partial charge is 0.305 e. The Kier molecular flexibility index (Phi) is 31.5. The standard InChI is InChI=1S/C72H95FN6O17S/c1-48(2)65-64(63(51-11-8-7-9-12-51)66(52-17-19-54(73)20-18-52)78(65)26-25-56(80)41-57(81)43-62(84)85)70(87)76-55-21-23-59(24-22-55)96-40-39-94-38-37-93-36-35-92-34-33-91-32-31-90-30-29-89-27-10-28-95-46-61(83)77-68(72(4,5)6)71(88)79-45-58(82)42-60(79)69(86)74-44-50-13-15-53(16-14-50)67-49(3)75-47-97-67/h7-9,11-24,47-48,56-58,60,68,80-82H,10,25-46H2,1-6H3,(H,74,86)(H,76,87)(H,77,83)(H,84,85)/t56-,57-,58-,60+,68-/m1/s1. The Morgan fingerprint density at radius 1 is 0.711 bits per heavy atom. The number of aryl methyl sites for hydroxylation is 1. The fraction of sp³-hybridized carbons (Fsp3) is 0.500. The molecule has 7 rings (SSSR count). The molecule has 0 aliphatic carbocycles. The third-order valence-electron chi connectivity index (χ3n) is 15.9. The Bertz CT molecular complexity index is 3380. The number of carbonyl (C=O) groups is 5. The maximum atomic E-state index is 14.6. The van der Waals surface area contributed by atoms with Crippen LogP contribution in [0.1, 0.15) is 99.9 Å². The second-order valence-electron chi connectivity index (χ2n) is 24.9. The van der Waals surface area contributed by atoms with E-state index in [1.165, 1.54) is 17.0 Å². The van der Waals surface area contributed by atoms with Crippen LogP contribution in [-0.2, 0) is 65.4 Å². The Labute approximate surface area is 570 Å². The fourth-order valence-corrected chi connectivity index (χ4v) is 12.0. The van der Waals surface area contributed by atoms with Crippen molar-refractivity contribution in [1.82, 2.24) is 25.1 Å². The Morgan fingerprint density at radius 3 is 1.86 bits per heavy atom. The van der Waals surface area contributed by atoms with Crippen LogP contribution in [0.4, 0.5) is 10.1 Å². The number of aliphatic carboxylic acids is 1. The van der Waals surface area contributed by atoms with Crippen molar-refractivity contribution in [3.05, 3.63) is 137 Å². The van der Waals surface area contributed by atoms with E-state index >= 15 is 0 Å². The number of carboxylic acid groups (broad SMARTS) is 1. The molecule has 1 aliphatic rings. The number of hydrogen-bond acceptors (Lipinski definition) is 18. The predicted molar refractivity (Wildman–Crippen MR) is 365 cm³/mol. The minimum atomic E-state index is -1.23. The first kappa shape index (κ1) is 76.8. The molecular formula is C72H95FN6O17S. The maximum absolute atomic E-state index is 14.6. The summed E-state index contributed by atoms with van der Waals surface area (Å²) in [4.78, 5) is 73.0. The summed E-state index contributed by atoms with van der Waals surface area (Å²) in [6.45, 7) is 16.6. The number of thiazole rings is 1. The first-order valence-electron chi connectivity index (χ1n) is 33.0. The first-order valence-corrected chi connectivity index (χ1v) is 33.8. The Balaban J connectivity index is 0.691. The normalized spacial score (nSPS) is 14.9.